The summed E-state index contributed by atoms with van der Waals surface area (Å²) in [7, 11) is 0. The molecular weight excluding hydrogens is 402 g/mol. The topological polar surface area (TPSA) is 37.4 Å². The molecule has 0 aromatic rings. The van der Waals surface area contributed by atoms with Gasteiger partial charge in [0.1, 0.15) is 0 Å². The Kier molecular flexibility index (Phi) is 18.5. The molecule has 0 aromatic carbocycles. The summed E-state index contributed by atoms with van der Waals surface area (Å²) in [6, 6.07) is 0. The molecule has 1 aliphatic heterocycles. The summed E-state index contributed by atoms with van der Waals surface area (Å²) in [5, 5.41) is 0.884. The normalized spacial score (nSPS) is 15.6. The highest BCUT2D eigenvalue weighted by molar-refractivity contribution is 7.99. The van der Waals surface area contributed by atoms with Crippen LogP contribution in [0, 0.1) is 0 Å². The van der Waals surface area contributed by atoms with Gasteiger partial charge in [0.05, 0.1) is 0 Å². The predicted molar refractivity (Wildman–Crippen MR) is 137 cm³/mol. The highest BCUT2D eigenvalue weighted by Crippen LogP contribution is 2.23. The van der Waals surface area contributed by atoms with Crippen LogP contribution in [0.3, 0.4) is 0 Å². The van der Waals surface area contributed by atoms with E-state index in [1.807, 2.05) is 0 Å². The number of likely N-dealkylation sites (tertiary alicyclic amines) is 1. The van der Waals surface area contributed by atoms with Gasteiger partial charge in [-0.2, -0.15) is 11.8 Å². The van der Waals surface area contributed by atoms with Crippen molar-refractivity contribution in [2.45, 2.75) is 148 Å². The highest BCUT2D eigenvalue weighted by atomic mass is 32.2. The van der Waals surface area contributed by atoms with Crippen LogP contribution in [0.4, 0.5) is 0 Å². The molecule has 1 unspecified atom stereocenters. The van der Waals surface area contributed by atoms with E-state index in [4.69, 9.17) is 0 Å². The van der Waals surface area contributed by atoms with Crippen LogP contribution < -0.4 is 0 Å². The molecule has 1 atom stereocenters. The van der Waals surface area contributed by atoms with Gasteiger partial charge < -0.3 is 0 Å². The van der Waals surface area contributed by atoms with Crippen LogP contribution in [-0.4, -0.2) is 34.3 Å². The fourth-order valence-electron chi connectivity index (χ4n) is 4.47. The van der Waals surface area contributed by atoms with Gasteiger partial charge in [-0.25, -0.2) is 0 Å². The first kappa shape index (κ1) is 28.5. The summed E-state index contributed by atoms with van der Waals surface area (Å²) in [5.41, 5.74) is 0. The number of unbranched alkanes of at least 4 members (excludes halogenated alkanes) is 13. The van der Waals surface area contributed by atoms with Crippen molar-refractivity contribution in [3.05, 3.63) is 0 Å². The number of imide groups is 1. The Bertz CT molecular complexity index is 439. The zero-order chi connectivity index (χ0) is 22.6. The molecule has 0 saturated carbocycles. The van der Waals surface area contributed by atoms with Crippen molar-refractivity contribution < 1.29 is 9.59 Å². The second-order valence-electron chi connectivity index (χ2n) is 9.43. The van der Waals surface area contributed by atoms with E-state index in [1.54, 1.807) is 0 Å². The molecule has 1 aliphatic rings. The van der Waals surface area contributed by atoms with Crippen molar-refractivity contribution in [3.63, 3.8) is 0 Å². The zero-order valence-corrected chi connectivity index (χ0v) is 21.6. The Balaban J connectivity index is 1.85. The van der Waals surface area contributed by atoms with Gasteiger partial charge in [-0.1, -0.05) is 97.3 Å². The van der Waals surface area contributed by atoms with Crippen molar-refractivity contribution in [2.75, 3.05) is 12.3 Å². The van der Waals surface area contributed by atoms with Crippen molar-refractivity contribution >= 4 is 23.6 Å². The van der Waals surface area contributed by atoms with Gasteiger partial charge in [-0.3, -0.25) is 14.5 Å². The van der Waals surface area contributed by atoms with E-state index in [1.165, 1.54) is 107 Å². The van der Waals surface area contributed by atoms with Gasteiger partial charge in [-0.05, 0) is 37.9 Å². The molecule has 1 heterocycles. The SMILES string of the molecule is CCCCCCCCCC(CC)SCCCCCCCCCCN1C(=O)CCCC1=O. The lowest BCUT2D eigenvalue weighted by atomic mass is 10.1. The molecule has 0 spiro atoms. The number of carbonyl (C=O) groups is 2. The van der Waals surface area contributed by atoms with Gasteiger partial charge in [-0.15, -0.1) is 0 Å². The number of thioether (sulfide) groups is 1. The average Bonchev–Trinajstić information content (AvgIpc) is 2.77. The molecule has 0 bridgehead atoms. The average molecular weight is 454 g/mol. The fraction of sp³-hybridized carbons (Fsp3) is 0.926. The molecule has 1 saturated heterocycles. The quantitative estimate of drug-likeness (QED) is 0.129. The van der Waals surface area contributed by atoms with E-state index in [2.05, 4.69) is 25.6 Å². The Morgan fingerprint density at radius 2 is 1.23 bits per heavy atom. The zero-order valence-electron chi connectivity index (χ0n) is 20.8. The van der Waals surface area contributed by atoms with Gasteiger partial charge in [0.25, 0.3) is 0 Å². The second kappa shape index (κ2) is 20.1. The Hall–Kier alpha value is -0.510. The lowest BCUT2D eigenvalue weighted by molar-refractivity contribution is -0.148. The third kappa shape index (κ3) is 15.0. The van der Waals surface area contributed by atoms with Crippen LogP contribution in [0.1, 0.15) is 142 Å². The predicted octanol–water partition coefficient (Wildman–Crippen LogP) is 8.30. The van der Waals surface area contributed by atoms with Crippen molar-refractivity contribution in [3.8, 4) is 0 Å². The van der Waals surface area contributed by atoms with E-state index >= 15 is 0 Å². The molecular formula is C27H51NO2S. The van der Waals surface area contributed by atoms with Gasteiger partial charge >= 0.3 is 0 Å². The first-order valence-electron chi connectivity index (χ1n) is 13.6. The van der Waals surface area contributed by atoms with Crippen LogP contribution in [0.15, 0.2) is 0 Å². The van der Waals surface area contributed by atoms with Crippen molar-refractivity contribution in [1.29, 1.82) is 0 Å². The number of hydrogen-bond donors (Lipinski definition) is 0. The number of piperidine rings is 1. The van der Waals surface area contributed by atoms with E-state index in [-0.39, 0.29) is 11.8 Å². The third-order valence-electron chi connectivity index (χ3n) is 6.60. The monoisotopic (exact) mass is 453 g/mol. The minimum absolute atomic E-state index is 0.0434. The maximum atomic E-state index is 11.8. The fourth-order valence-corrected chi connectivity index (χ4v) is 5.74. The van der Waals surface area contributed by atoms with E-state index in [0.717, 1.165) is 24.5 Å². The minimum Gasteiger partial charge on any atom is -0.283 e. The number of rotatable bonds is 21. The van der Waals surface area contributed by atoms with Crippen LogP contribution in [-0.2, 0) is 9.59 Å². The Labute approximate surface area is 197 Å². The molecule has 31 heavy (non-hydrogen) atoms. The molecule has 2 amide bonds. The summed E-state index contributed by atoms with van der Waals surface area (Å²) < 4.78 is 0. The van der Waals surface area contributed by atoms with Crippen molar-refractivity contribution in [1.82, 2.24) is 4.90 Å². The van der Waals surface area contributed by atoms with Gasteiger partial charge in [0, 0.05) is 24.6 Å². The van der Waals surface area contributed by atoms with Crippen LogP contribution in [0.25, 0.3) is 0 Å². The first-order chi connectivity index (χ1) is 15.2. The van der Waals surface area contributed by atoms with Gasteiger partial charge in [0.2, 0.25) is 11.8 Å². The van der Waals surface area contributed by atoms with E-state index < -0.39 is 0 Å². The number of amides is 2. The largest absolute Gasteiger partial charge is 0.283 e. The Morgan fingerprint density at radius 1 is 0.710 bits per heavy atom. The van der Waals surface area contributed by atoms with E-state index in [0.29, 0.717) is 19.4 Å². The summed E-state index contributed by atoms with van der Waals surface area (Å²) >= 11 is 2.22. The summed E-state index contributed by atoms with van der Waals surface area (Å²) in [6.07, 6.45) is 24.6. The molecule has 4 heteroatoms. The molecule has 0 aliphatic carbocycles. The molecule has 1 fully saturated rings. The van der Waals surface area contributed by atoms with Crippen LogP contribution >= 0.6 is 11.8 Å². The molecule has 0 aromatic heterocycles. The standard InChI is InChI=1S/C27H51NO2S/c1-3-5-6-7-10-13-16-20-25(4-2)31-24-18-15-12-9-8-11-14-17-23-28-26(29)21-19-22-27(28)30/h25H,3-24H2,1-2H3. The molecule has 182 valence electrons. The Morgan fingerprint density at radius 3 is 1.81 bits per heavy atom. The molecule has 0 N–H and O–H groups in total. The second-order valence-corrected chi connectivity index (χ2v) is 10.8. The number of carbonyl (C=O) groups excluding carboxylic acids is 2. The highest BCUT2D eigenvalue weighted by Gasteiger charge is 2.24. The molecule has 0 radical (unpaired) electrons. The lowest BCUT2D eigenvalue weighted by Gasteiger charge is -2.24. The van der Waals surface area contributed by atoms with Crippen LogP contribution in [0.2, 0.25) is 0 Å². The smallest absolute Gasteiger partial charge is 0.229 e. The summed E-state index contributed by atoms with van der Waals surface area (Å²) in [6.45, 7) is 5.29. The number of nitrogens with zero attached hydrogens (tertiary/aromatic N) is 1. The minimum atomic E-state index is 0.0434. The maximum Gasteiger partial charge on any atom is 0.229 e. The third-order valence-corrected chi connectivity index (χ3v) is 8.16. The van der Waals surface area contributed by atoms with E-state index in [9.17, 15) is 9.59 Å². The molecule has 3 nitrogen and oxygen atoms in total. The summed E-state index contributed by atoms with van der Waals surface area (Å²) in [4.78, 5) is 25.0. The number of hydrogen-bond acceptors (Lipinski definition) is 3. The van der Waals surface area contributed by atoms with Crippen LogP contribution in [0.5, 0.6) is 0 Å². The van der Waals surface area contributed by atoms with Gasteiger partial charge in [0.15, 0.2) is 0 Å². The molecule has 1 rings (SSSR count). The summed E-state index contributed by atoms with van der Waals surface area (Å²) in [5.74, 6) is 1.43. The van der Waals surface area contributed by atoms with Crippen molar-refractivity contribution in [2.24, 2.45) is 0 Å². The lowest BCUT2D eigenvalue weighted by Crippen LogP contribution is -2.40. The maximum absolute atomic E-state index is 11.8. The first-order valence-corrected chi connectivity index (χ1v) is 14.7.